The molecule has 0 N–H and O–H groups in total. The van der Waals surface area contributed by atoms with Crippen molar-refractivity contribution in [2.24, 2.45) is 0 Å². The molecule has 0 unspecified atom stereocenters. The minimum Gasteiger partial charge on any atom is -0.462 e. The molecule has 1 rings (SSSR count). The van der Waals surface area contributed by atoms with Crippen molar-refractivity contribution < 1.29 is 18.7 Å². The highest BCUT2D eigenvalue weighted by Gasteiger charge is 2.08. The predicted octanol–water partition coefficient (Wildman–Crippen LogP) is 1.81. The molecular weight excluding hydrogens is 187 g/mol. The normalized spacial score (nSPS) is 9.57. The van der Waals surface area contributed by atoms with Gasteiger partial charge in [0, 0.05) is 5.56 Å². The van der Waals surface area contributed by atoms with E-state index in [4.69, 9.17) is 0 Å². The topological polar surface area (TPSA) is 43.4 Å². The first-order valence-corrected chi connectivity index (χ1v) is 4.10. The fourth-order valence-electron chi connectivity index (χ4n) is 1.01. The molecule has 0 spiro atoms. The van der Waals surface area contributed by atoms with Gasteiger partial charge in [-0.2, -0.15) is 0 Å². The number of rotatable bonds is 3. The quantitative estimate of drug-likeness (QED) is 0.547. The van der Waals surface area contributed by atoms with Crippen molar-refractivity contribution in [2.45, 2.75) is 6.92 Å². The van der Waals surface area contributed by atoms with Crippen LogP contribution in [0.3, 0.4) is 0 Å². The summed E-state index contributed by atoms with van der Waals surface area (Å²) >= 11 is 0. The zero-order valence-corrected chi connectivity index (χ0v) is 7.62. The molecule has 1 aromatic carbocycles. The Kier molecular flexibility index (Phi) is 3.34. The minimum atomic E-state index is -0.630. The SMILES string of the molecule is CCOC(=O)c1cc(F)cc(C=O)c1. The van der Waals surface area contributed by atoms with E-state index in [2.05, 4.69) is 4.74 Å². The Bertz CT molecular complexity index is 360. The van der Waals surface area contributed by atoms with Gasteiger partial charge in [0.25, 0.3) is 0 Å². The summed E-state index contributed by atoms with van der Waals surface area (Å²) in [6.07, 6.45) is 0.478. The largest absolute Gasteiger partial charge is 0.462 e. The molecule has 0 atom stereocenters. The summed E-state index contributed by atoms with van der Waals surface area (Å²) in [7, 11) is 0. The summed E-state index contributed by atoms with van der Waals surface area (Å²) in [4.78, 5) is 21.5. The van der Waals surface area contributed by atoms with Crippen molar-refractivity contribution in [3.63, 3.8) is 0 Å². The molecule has 14 heavy (non-hydrogen) atoms. The Labute approximate surface area is 80.5 Å². The van der Waals surface area contributed by atoms with E-state index in [9.17, 15) is 14.0 Å². The Morgan fingerprint density at radius 2 is 2.21 bits per heavy atom. The second kappa shape index (κ2) is 4.50. The zero-order chi connectivity index (χ0) is 10.6. The van der Waals surface area contributed by atoms with Gasteiger partial charge in [-0.25, -0.2) is 9.18 Å². The summed E-state index contributed by atoms with van der Waals surface area (Å²) in [5.74, 6) is -1.26. The van der Waals surface area contributed by atoms with Crippen molar-refractivity contribution in [3.05, 3.63) is 35.1 Å². The predicted molar refractivity (Wildman–Crippen MR) is 47.7 cm³/mol. The molecular formula is C10H9FO3. The molecule has 0 saturated carbocycles. The summed E-state index contributed by atoms with van der Waals surface area (Å²) in [6, 6.07) is 3.37. The highest BCUT2D eigenvalue weighted by molar-refractivity contribution is 5.91. The third-order valence-corrected chi connectivity index (χ3v) is 1.57. The number of hydrogen-bond acceptors (Lipinski definition) is 3. The van der Waals surface area contributed by atoms with Gasteiger partial charge in [-0.1, -0.05) is 0 Å². The second-order valence-corrected chi connectivity index (χ2v) is 2.61. The lowest BCUT2D eigenvalue weighted by atomic mass is 10.1. The molecule has 0 aliphatic heterocycles. The number of esters is 1. The third kappa shape index (κ3) is 2.39. The van der Waals surface area contributed by atoms with Gasteiger partial charge in [0.1, 0.15) is 12.1 Å². The lowest BCUT2D eigenvalue weighted by Crippen LogP contribution is -2.05. The number of carbonyl (C=O) groups excluding carboxylic acids is 2. The number of halogens is 1. The zero-order valence-electron chi connectivity index (χ0n) is 7.62. The number of benzene rings is 1. The van der Waals surface area contributed by atoms with Crippen molar-refractivity contribution in [1.29, 1.82) is 0 Å². The molecule has 0 aromatic heterocycles. The van der Waals surface area contributed by atoms with Gasteiger partial charge < -0.3 is 4.74 Å². The van der Waals surface area contributed by atoms with Crippen LogP contribution < -0.4 is 0 Å². The van der Waals surface area contributed by atoms with E-state index in [0.29, 0.717) is 6.29 Å². The maximum atomic E-state index is 12.8. The van der Waals surface area contributed by atoms with Crippen LogP contribution in [0.5, 0.6) is 0 Å². The van der Waals surface area contributed by atoms with Crippen molar-refractivity contribution in [1.82, 2.24) is 0 Å². The Hall–Kier alpha value is -1.71. The van der Waals surface area contributed by atoms with Crippen molar-refractivity contribution in [2.75, 3.05) is 6.61 Å². The summed E-state index contributed by atoms with van der Waals surface area (Å²) in [5.41, 5.74) is 0.169. The van der Waals surface area contributed by atoms with E-state index in [1.54, 1.807) is 6.92 Å². The molecule has 74 valence electrons. The fraction of sp³-hybridized carbons (Fsp3) is 0.200. The van der Waals surface area contributed by atoms with Crippen LogP contribution in [0.2, 0.25) is 0 Å². The number of carbonyl (C=O) groups is 2. The maximum absolute atomic E-state index is 12.8. The van der Waals surface area contributed by atoms with Crippen LogP contribution in [-0.2, 0) is 4.74 Å². The van der Waals surface area contributed by atoms with Gasteiger partial charge in [0.05, 0.1) is 12.2 Å². The van der Waals surface area contributed by atoms with E-state index >= 15 is 0 Å². The first kappa shape index (κ1) is 10.4. The number of ether oxygens (including phenoxy) is 1. The van der Waals surface area contributed by atoms with Crippen LogP contribution in [0.25, 0.3) is 0 Å². The molecule has 0 radical (unpaired) electrons. The van der Waals surface area contributed by atoms with Gasteiger partial charge in [0.2, 0.25) is 0 Å². The highest BCUT2D eigenvalue weighted by Crippen LogP contribution is 2.09. The van der Waals surface area contributed by atoms with Gasteiger partial charge in [-0.05, 0) is 25.1 Å². The summed E-state index contributed by atoms with van der Waals surface area (Å²) < 4.78 is 17.5. The Morgan fingerprint density at radius 1 is 1.50 bits per heavy atom. The number of hydrogen-bond donors (Lipinski definition) is 0. The van der Waals surface area contributed by atoms with Crippen LogP contribution in [0, 0.1) is 5.82 Å². The van der Waals surface area contributed by atoms with E-state index in [1.165, 1.54) is 6.07 Å². The monoisotopic (exact) mass is 196 g/mol. The molecule has 0 heterocycles. The maximum Gasteiger partial charge on any atom is 0.338 e. The van der Waals surface area contributed by atoms with E-state index in [-0.39, 0.29) is 17.7 Å². The van der Waals surface area contributed by atoms with Crippen LogP contribution >= 0.6 is 0 Å². The molecule has 0 fully saturated rings. The molecule has 0 aliphatic rings. The van der Waals surface area contributed by atoms with E-state index < -0.39 is 11.8 Å². The standard InChI is InChI=1S/C10H9FO3/c1-2-14-10(13)8-3-7(6-12)4-9(11)5-8/h3-6H,2H2,1H3. The second-order valence-electron chi connectivity index (χ2n) is 2.61. The number of aldehydes is 1. The van der Waals surface area contributed by atoms with Gasteiger partial charge in [-0.3, -0.25) is 4.79 Å². The molecule has 1 aromatic rings. The Morgan fingerprint density at radius 3 is 2.79 bits per heavy atom. The average molecular weight is 196 g/mol. The molecule has 0 saturated heterocycles. The average Bonchev–Trinajstić information content (AvgIpc) is 2.17. The van der Waals surface area contributed by atoms with Crippen LogP contribution in [0.1, 0.15) is 27.6 Å². The Balaban J connectivity index is 3.02. The van der Waals surface area contributed by atoms with Gasteiger partial charge >= 0.3 is 5.97 Å². The fourth-order valence-corrected chi connectivity index (χ4v) is 1.01. The van der Waals surface area contributed by atoms with Crippen LogP contribution in [0.15, 0.2) is 18.2 Å². The molecule has 3 nitrogen and oxygen atoms in total. The summed E-state index contributed by atoms with van der Waals surface area (Å²) in [6.45, 7) is 1.86. The van der Waals surface area contributed by atoms with Crippen molar-refractivity contribution in [3.8, 4) is 0 Å². The first-order valence-electron chi connectivity index (χ1n) is 4.10. The molecule has 0 amide bonds. The summed E-state index contributed by atoms with van der Waals surface area (Å²) in [5, 5.41) is 0. The highest BCUT2D eigenvalue weighted by atomic mass is 19.1. The first-order chi connectivity index (χ1) is 6.67. The lowest BCUT2D eigenvalue weighted by molar-refractivity contribution is 0.0526. The van der Waals surface area contributed by atoms with Crippen molar-refractivity contribution >= 4 is 12.3 Å². The smallest absolute Gasteiger partial charge is 0.338 e. The van der Waals surface area contributed by atoms with Crippen LogP contribution in [-0.4, -0.2) is 18.9 Å². The van der Waals surface area contributed by atoms with Gasteiger partial charge in [-0.15, -0.1) is 0 Å². The molecule has 4 heteroatoms. The minimum absolute atomic E-state index is 0.0500. The van der Waals surface area contributed by atoms with Gasteiger partial charge in [0.15, 0.2) is 0 Å². The van der Waals surface area contributed by atoms with E-state index in [0.717, 1.165) is 12.1 Å². The van der Waals surface area contributed by atoms with E-state index in [1.807, 2.05) is 0 Å². The lowest BCUT2D eigenvalue weighted by Gasteiger charge is -2.02. The molecule has 0 bridgehead atoms. The third-order valence-electron chi connectivity index (χ3n) is 1.57. The van der Waals surface area contributed by atoms with Crippen LogP contribution in [0.4, 0.5) is 4.39 Å². The molecule has 0 aliphatic carbocycles.